The van der Waals surface area contributed by atoms with E-state index in [-0.39, 0.29) is 12.4 Å². The Hall–Kier alpha value is -1.89. The molecule has 0 saturated heterocycles. The highest BCUT2D eigenvalue weighted by atomic mass is 127. The molecule has 0 bridgehead atoms. The van der Waals surface area contributed by atoms with Crippen molar-refractivity contribution in [1.29, 1.82) is 0 Å². The Morgan fingerprint density at radius 1 is 0.808 bits per heavy atom. The van der Waals surface area contributed by atoms with Gasteiger partial charge in [0.1, 0.15) is 5.82 Å². The third-order valence-corrected chi connectivity index (χ3v) is 4.87. The van der Waals surface area contributed by atoms with Gasteiger partial charge < -0.3 is 5.32 Å². The molecule has 1 aromatic heterocycles. The SMILES string of the molecule is Cl.Clc1ccccc1-c1nc(Nc2ccc(I)cc2)c2ccccc2n1. The molecule has 0 atom stereocenters. The van der Waals surface area contributed by atoms with Crippen molar-refractivity contribution in [1.82, 2.24) is 9.97 Å². The number of halogens is 3. The van der Waals surface area contributed by atoms with Crippen LogP contribution in [0.5, 0.6) is 0 Å². The van der Waals surface area contributed by atoms with Crippen LogP contribution in [0.3, 0.4) is 0 Å². The molecule has 3 aromatic carbocycles. The fourth-order valence-corrected chi connectivity index (χ4v) is 3.18. The second kappa shape index (κ2) is 8.20. The molecule has 0 aliphatic rings. The predicted octanol–water partition coefficient (Wildman–Crippen LogP) is 6.72. The van der Waals surface area contributed by atoms with E-state index in [1.807, 2.05) is 60.7 Å². The zero-order valence-corrected chi connectivity index (χ0v) is 17.2. The lowest BCUT2D eigenvalue weighted by molar-refractivity contribution is 1.22. The zero-order chi connectivity index (χ0) is 17.2. The summed E-state index contributed by atoms with van der Waals surface area (Å²) in [6.45, 7) is 0. The van der Waals surface area contributed by atoms with Crippen molar-refractivity contribution in [2.45, 2.75) is 0 Å². The second-order valence-electron chi connectivity index (χ2n) is 5.52. The number of anilines is 2. The number of nitrogens with one attached hydrogen (secondary N) is 1. The van der Waals surface area contributed by atoms with E-state index in [1.54, 1.807) is 0 Å². The molecule has 0 saturated carbocycles. The summed E-state index contributed by atoms with van der Waals surface area (Å²) in [6, 6.07) is 23.8. The maximum absolute atomic E-state index is 6.34. The van der Waals surface area contributed by atoms with Gasteiger partial charge in [-0.25, -0.2) is 9.97 Å². The van der Waals surface area contributed by atoms with Crippen molar-refractivity contribution in [3.8, 4) is 11.4 Å². The molecular weight excluding hydrogens is 480 g/mol. The smallest absolute Gasteiger partial charge is 0.163 e. The highest BCUT2D eigenvalue weighted by Crippen LogP contribution is 2.30. The van der Waals surface area contributed by atoms with Crippen LogP contribution in [-0.2, 0) is 0 Å². The molecular formula is C20H14Cl2IN3. The maximum atomic E-state index is 6.34. The van der Waals surface area contributed by atoms with Crippen molar-refractivity contribution >= 4 is 69.0 Å². The fourth-order valence-electron chi connectivity index (χ4n) is 2.60. The fraction of sp³-hybridized carbons (Fsp3) is 0. The topological polar surface area (TPSA) is 37.8 Å². The van der Waals surface area contributed by atoms with E-state index in [1.165, 1.54) is 3.57 Å². The lowest BCUT2D eigenvalue weighted by atomic mass is 10.1. The largest absolute Gasteiger partial charge is 0.340 e. The Morgan fingerprint density at radius 3 is 2.27 bits per heavy atom. The average Bonchev–Trinajstić information content (AvgIpc) is 2.64. The molecule has 0 unspecified atom stereocenters. The van der Waals surface area contributed by atoms with Crippen molar-refractivity contribution in [2.24, 2.45) is 0 Å². The zero-order valence-electron chi connectivity index (χ0n) is 13.5. The Balaban J connectivity index is 0.00000196. The molecule has 0 aliphatic heterocycles. The first-order valence-corrected chi connectivity index (χ1v) is 9.21. The molecule has 26 heavy (non-hydrogen) atoms. The maximum Gasteiger partial charge on any atom is 0.163 e. The Labute approximate surface area is 176 Å². The first kappa shape index (κ1) is 18.9. The molecule has 0 amide bonds. The summed E-state index contributed by atoms with van der Waals surface area (Å²) in [7, 11) is 0. The van der Waals surface area contributed by atoms with Gasteiger partial charge in [-0.15, -0.1) is 12.4 Å². The minimum absolute atomic E-state index is 0. The van der Waals surface area contributed by atoms with Crippen LogP contribution >= 0.6 is 46.6 Å². The molecule has 4 aromatic rings. The van der Waals surface area contributed by atoms with Crippen molar-refractivity contribution in [2.75, 3.05) is 5.32 Å². The quantitative estimate of drug-likeness (QED) is 0.322. The summed E-state index contributed by atoms with van der Waals surface area (Å²) >= 11 is 8.63. The molecule has 0 spiro atoms. The number of nitrogens with zero attached hydrogens (tertiary/aromatic N) is 2. The van der Waals surface area contributed by atoms with Gasteiger partial charge >= 0.3 is 0 Å². The van der Waals surface area contributed by atoms with Crippen LogP contribution in [0.4, 0.5) is 11.5 Å². The van der Waals surface area contributed by atoms with Crippen LogP contribution in [0, 0.1) is 3.57 Å². The third kappa shape index (κ3) is 3.92. The first-order valence-electron chi connectivity index (χ1n) is 7.75. The number of rotatable bonds is 3. The van der Waals surface area contributed by atoms with Gasteiger partial charge in [0.05, 0.1) is 10.5 Å². The molecule has 3 nitrogen and oxygen atoms in total. The van der Waals surface area contributed by atoms with E-state index in [2.05, 4.69) is 45.0 Å². The normalized spacial score (nSPS) is 10.4. The van der Waals surface area contributed by atoms with Crippen LogP contribution in [-0.4, -0.2) is 9.97 Å². The highest BCUT2D eigenvalue weighted by Gasteiger charge is 2.11. The summed E-state index contributed by atoms with van der Waals surface area (Å²) in [5, 5.41) is 5.01. The van der Waals surface area contributed by atoms with Crippen molar-refractivity contribution in [3.63, 3.8) is 0 Å². The van der Waals surface area contributed by atoms with Gasteiger partial charge in [-0.05, 0) is 71.1 Å². The Kier molecular flexibility index (Phi) is 5.96. The van der Waals surface area contributed by atoms with Gasteiger partial charge in [-0.3, -0.25) is 0 Å². The van der Waals surface area contributed by atoms with Gasteiger partial charge in [0, 0.05) is 20.2 Å². The van der Waals surface area contributed by atoms with Crippen LogP contribution < -0.4 is 5.32 Å². The Morgan fingerprint density at radius 2 is 1.50 bits per heavy atom. The molecule has 130 valence electrons. The molecule has 4 rings (SSSR count). The van der Waals surface area contributed by atoms with Crippen LogP contribution in [0.15, 0.2) is 72.8 Å². The number of hydrogen-bond donors (Lipinski definition) is 1. The van der Waals surface area contributed by atoms with Gasteiger partial charge in [0.2, 0.25) is 0 Å². The molecule has 0 aliphatic carbocycles. The summed E-state index contributed by atoms with van der Waals surface area (Å²) in [5.74, 6) is 1.37. The number of fused-ring (bicyclic) bond motifs is 1. The van der Waals surface area contributed by atoms with Gasteiger partial charge in [0.25, 0.3) is 0 Å². The lowest BCUT2D eigenvalue weighted by Crippen LogP contribution is -1.99. The minimum atomic E-state index is 0. The molecule has 1 heterocycles. The molecule has 6 heteroatoms. The van der Waals surface area contributed by atoms with E-state index < -0.39 is 0 Å². The Bertz CT molecular complexity index is 1050. The van der Waals surface area contributed by atoms with E-state index in [9.17, 15) is 0 Å². The summed E-state index contributed by atoms with van der Waals surface area (Å²) < 4.78 is 1.19. The summed E-state index contributed by atoms with van der Waals surface area (Å²) in [6.07, 6.45) is 0. The first-order chi connectivity index (χ1) is 12.2. The van der Waals surface area contributed by atoms with Crippen molar-refractivity contribution in [3.05, 3.63) is 81.4 Å². The van der Waals surface area contributed by atoms with Crippen LogP contribution in [0.1, 0.15) is 0 Å². The number of benzene rings is 3. The number of aromatic nitrogens is 2. The summed E-state index contributed by atoms with van der Waals surface area (Å²) in [4.78, 5) is 9.43. The van der Waals surface area contributed by atoms with E-state index in [0.29, 0.717) is 10.8 Å². The van der Waals surface area contributed by atoms with Gasteiger partial charge in [-0.1, -0.05) is 35.9 Å². The van der Waals surface area contributed by atoms with Crippen molar-refractivity contribution < 1.29 is 0 Å². The number of hydrogen-bond acceptors (Lipinski definition) is 3. The number of para-hydroxylation sites is 1. The standard InChI is InChI=1S/C20H13ClIN3.ClH/c21-17-7-3-1-5-15(17)19-24-18-8-4-2-6-16(18)20(25-19)23-14-11-9-13(22)10-12-14;/h1-12H,(H,23,24,25);1H. The van der Waals surface area contributed by atoms with E-state index >= 15 is 0 Å². The van der Waals surface area contributed by atoms with E-state index in [4.69, 9.17) is 16.6 Å². The second-order valence-corrected chi connectivity index (χ2v) is 7.18. The minimum Gasteiger partial charge on any atom is -0.340 e. The van der Waals surface area contributed by atoms with Crippen LogP contribution in [0.25, 0.3) is 22.3 Å². The van der Waals surface area contributed by atoms with Gasteiger partial charge in [0.15, 0.2) is 5.82 Å². The molecule has 0 fully saturated rings. The molecule has 1 N–H and O–H groups in total. The predicted molar refractivity (Wildman–Crippen MR) is 120 cm³/mol. The monoisotopic (exact) mass is 493 g/mol. The lowest BCUT2D eigenvalue weighted by Gasteiger charge is -2.12. The van der Waals surface area contributed by atoms with Crippen LogP contribution in [0.2, 0.25) is 5.02 Å². The average molecular weight is 494 g/mol. The molecule has 0 radical (unpaired) electrons. The summed E-state index contributed by atoms with van der Waals surface area (Å²) in [5.41, 5.74) is 2.68. The third-order valence-electron chi connectivity index (χ3n) is 3.82. The van der Waals surface area contributed by atoms with E-state index in [0.717, 1.165) is 28.0 Å². The highest BCUT2D eigenvalue weighted by molar-refractivity contribution is 14.1. The van der Waals surface area contributed by atoms with Gasteiger partial charge in [-0.2, -0.15) is 0 Å².